The van der Waals surface area contributed by atoms with Gasteiger partial charge in [0, 0.05) is 17.7 Å². The zero-order valence-corrected chi connectivity index (χ0v) is 8.26. The third kappa shape index (κ3) is 2.84. The van der Waals surface area contributed by atoms with Gasteiger partial charge in [0.05, 0.1) is 0 Å². The highest BCUT2D eigenvalue weighted by molar-refractivity contribution is 5.86. The highest BCUT2D eigenvalue weighted by Crippen LogP contribution is 2.39. The summed E-state index contributed by atoms with van der Waals surface area (Å²) in [4.78, 5) is 10.5. The van der Waals surface area contributed by atoms with E-state index in [4.69, 9.17) is 5.11 Å². The lowest BCUT2D eigenvalue weighted by atomic mass is 9.98. The lowest BCUT2D eigenvalue weighted by Gasteiger charge is -2.26. The fourth-order valence-electron chi connectivity index (χ4n) is 1.36. The molecular weight excluding hydrogens is 166 g/mol. The highest BCUT2D eigenvalue weighted by atomic mass is 16.4. The second-order valence-electron chi connectivity index (χ2n) is 4.26. The summed E-state index contributed by atoms with van der Waals surface area (Å²) in [5, 5.41) is 11.8. The molecule has 2 N–H and O–H groups in total. The topological polar surface area (TPSA) is 49.3 Å². The van der Waals surface area contributed by atoms with Gasteiger partial charge in [0.2, 0.25) is 0 Å². The minimum Gasteiger partial charge on any atom is -0.478 e. The van der Waals surface area contributed by atoms with E-state index < -0.39 is 5.97 Å². The molecule has 0 radical (unpaired) electrons. The van der Waals surface area contributed by atoms with Crippen molar-refractivity contribution in [3.8, 4) is 0 Å². The Labute approximate surface area is 78.8 Å². The molecule has 1 fully saturated rings. The Morgan fingerprint density at radius 3 is 2.54 bits per heavy atom. The van der Waals surface area contributed by atoms with Crippen molar-refractivity contribution in [2.75, 3.05) is 6.54 Å². The minimum absolute atomic E-state index is 0.0540. The number of rotatable bonds is 5. The maximum Gasteiger partial charge on any atom is 0.332 e. The third-order valence-corrected chi connectivity index (χ3v) is 2.66. The molecule has 0 unspecified atom stereocenters. The molecule has 0 bridgehead atoms. The number of nitrogens with one attached hydrogen (secondary N) is 1. The van der Waals surface area contributed by atoms with Crippen LogP contribution in [0.4, 0.5) is 0 Å². The number of carboxylic acids is 1. The smallest absolute Gasteiger partial charge is 0.332 e. The Bertz CT molecular complexity index is 229. The van der Waals surface area contributed by atoms with Gasteiger partial charge >= 0.3 is 5.97 Å². The van der Waals surface area contributed by atoms with E-state index in [1.165, 1.54) is 12.8 Å². The molecule has 0 saturated heterocycles. The molecule has 1 saturated carbocycles. The van der Waals surface area contributed by atoms with Gasteiger partial charge in [-0.15, -0.1) is 0 Å². The van der Waals surface area contributed by atoms with Gasteiger partial charge in [-0.25, -0.2) is 4.79 Å². The van der Waals surface area contributed by atoms with Crippen LogP contribution in [-0.2, 0) is 4.79 Å². The fraction of sp³-hybridized carbons (Fsp3) is 0.700. The van der Waals surface area contributed by atoms with Crippen molar-refractivity contribution in [3.63, 3.8) is 0 Å². The normalized spacial score (nSPS) is 17.1. The fourth-order valence-corrected chi connectivity index (χ4v) is 1.36. The number of carbonyl (C=O) groups is 1. The average Bonchev–Trinajstić information content (AvgIpc) is 2.81. The van der Waals surface area contributed by atoms with Gasteiger partial charge < -0.3 is 10.4 Å². The number of carboxylic acid groups (broad SMARTS) is 1. The van der Waals surface area contributed by atoms with Crippen molar-refractivity contribution in [2.45, 2.75) is 32.2 Å². The minimum atomic E-state index is -0.918. The maximum absolute atomic E-state index is 10.5. The van der Waals surface area contributed by atoms with E-state index in [2.05, 4.69) is 25.7 Å². The standard InChI is InChI=1S/C10H17NO2/c1-7(9(12)13)6-11-10(2,3)8-4-5-8/h8,11H,1,4-6H2,2-3H3,(H,12,13). The summed E-state index contributed by atoms with van der Waals surface area (Å²) < 4.78 is 0. The van der Waals surface area contributed by atoms with Crippen molar-refractivity contribution >= 4 is 5.97 Å². The summed E-state index contributed by atoms with van der Waals surface area (Å²) in [6.07, 6.45) is 2.50. The van der Waals surface area contributed by atoms with E-state index in [0.29, 0.717) is 12.5 Å². The van der Waals surface area contributed by atoms with Crippen molar-refractivity contribution in [2.24, 2.45) is 5.92 Å². The van der Waals surface area contributed by atoms with Crippen molar-refractivity contribution < 1.29 is 9.90 Å². The molecule has 1 aliphatic carbocycles. The Morgan fingerprint density at radius 1 is 1.62 bits per heavy atom. The van der Waals surface area contributed by atoms with E-state index in [-0.39, 0.29) is 11.1 Å². The Morgan fingerprint density at radius 2 is 2.15 bits per heavy atom. The molecular formula is C10H17NO2. The van der Waals surface area contributed by atoms with Gasteiger partial charge in [0.1, 0.15) is 0 Å². The molecule has 0 amide bonds. The Hall–Kier alpha value is -0.830. The molecule has 74 valence electrons. The van der Waals surface area contributed by atoms with Crippen LogP contribution >= 0.6 is 0 Å². The van der Waals surface area contributed by atoms with Crippen LogP contribution in [0.25, 0.3) is 0 Å². The first-order valence-electron chi connectivity index (χ1n) is 4.59. The van der Waals surface area contributed by atoms with Crippen LogP contribution < -0.4 is 5.32 Å². The van der Waals surface area contributed by atoms with Gasteiger partial charge in [-0.2, -0.15) is 0 Å². The maximum atomic E-state index is 10.5. The molecule has 3 heteroatoms. The Kier molecular flexibility index (Phi) is 2.76. The summed E-state index contributed by atoms with van der Waals surface area (Å²) >= 11 is 0. The van der Waals surface area contributed by atoms with Crippen LogP contribution in [0.15, 0.2) is 12.2 Å². The summed E-state index contributed by atoms with van der Waals surface area (Å²) in [7, 11) is 0. The lowest BCUT2D eigenvalue weighted by Crippen LogP contribution is -2.42. The molecule has 0 heterocycles. The van der Waals surface area contributed by atoms with Crippen LogP contribution in [0.2, 0.25) is 0 Å². The van der Waals surface area contributed by atoms with Gasteiger partial charge in [0.25, 0.3) is 0 Å². The molecule has 0 aromatic rings. The summed E-state index contributed by atoms with van der Waals surface area (Å²) in [6.45, 7) is 8.07. The van der Waals surface area contributed by atoms with Crippen LogP contribution in [0.1, 0.15) is 26.7 Å². The van der Waals surface area contributed by atoms with Crippen molar-refractivity contribution in [3.05, 3.63) is 12.2 Å². The molecule has 0 spiro atoms. The molecule has 0 atom stereocenters. The third-order valence-electron chi connectivity index (χ3n) is 2.66. The summed E-state index contributed by atoms with van der Waals surface area (Å²) in [5.41, 5.74) is 0.284. The molecule has 0 aliphatic heterocycles. The van der Waals surface area contributed by atoms with E-state index in [1.807, 2.05) is 0 Å². The first-order chi connectivity index (χ1) is 5.93. The van der Waals surface area contributed by atoms with Crippen molar-refractivity contribution in [1.82, 2.24) is 5.32 Å². The van der Waals surface area contributed by atoms with E-state index >= 15 is 0 Å². The largest absolute Gasteiger partial charge is 0.478 e. The predicted octanol–water partition coefficient (Wildman–Crippen LogP) is 1.41. The molecule has 1 aliphatic rings. The van der Waals surface area contributed by atoms with Crippen molar-refractivity contribution in [1.29, 1.82) is 0 Å². The monoisotopic (exact) mass is 183 g/mol. The predicted molar refractivity (Wildman–Crippen MR) is 51.6 cm³/mol. The number of aliphatic carboxylic acids is 1. The molecule has 1 rings (SSSR count). The van der Waals surface area contributed by atoms with E-state index in [1.54, 1.807) is 0 Å². The van der Waals surface area contributed by atoms with Gasteiger partial charge in [0.15, 0.2) is 0 Å². The van der Waals surface area contributed by atoms with Crippen LogP contribution in [0.3, 0.4) is 0 Å². The van der Waals surface area contributed by atoms with Gasteiger partial charge in [-0.3, -0.25) is 0 Å². The molecule has 0 aromatic heterocycles. The van der Waals surface area contributed by atoms with Crippen LogP contribution in [0, 0.1) is 5.92 Å². The molecule has 3 nitrogen and oxygen atoms in total. The zero-order valence-electron chi connectivity index (χ0n) is 8.26. The second-order valence-corrected chi connectivity index (χ2v) is 4.26. The first kappa shape index (κ1) is 10.3. The Balaban J connectivity index is 2.32. The summed E-state index contributed by atoms with van der Waals surface area (Å²) in [6, 6.07) is 0. The van der Waals surface area contributed by atoms with E-state index in [0.717, 1.165) is 0 Å². The summed E-state index contributed by atoms with van der Waals surface area (Å²) in [5.74, 6) is -0.215. The molecule has 0 aromatic carbocycles. The van der Waals surface area contributed by atoms with Crippen LogP contribution in [0.5, 0.6) is 0 Å². The SMILES string of the molecule is C=C(CNC(C)(C)C1CC1)C(=O)O. The average molecular weight is 183 g/mol. The number of hydrogen-bond acceptors (Lipinski definition) is 2. The number of hydrogen-bond donors (Lipinski definition) is 2. The lowest BCUT2D eigenvalue weighted by molar-refractivity contribution is -0.132. The second kappa shape index (κ2) is 3.50. The first-order valence-corrected chi connectivity index (χ1v) is 4.59. The van der Waals surface area contributed by atoms with E-state index in [9.17, 15) is 4.79 Å². The molecule has 13 heavy (non-hydrogen) atoms. The highest BCUT2D eigenvalue weighted by Gasteiger charge is 2.37. The quantitative estimate of drug-likeness (QED) is 0.633. The van der Waals surface area contributed by atoms with Crippen LogP contribution in [-0.4, -0.2) is 23.2 Å². The zero-order chi connectivity index (χ0) is 10.1. The van der Waals surface area contributed by atoms with Gasteiger partial charge in [-0.05, 0) is 32.6 Å². The van der Waals surface area contributed by atoms with Gasteiger partial charge in [-0.1, -0.05) is 6.58 Å².